The molecule has 0 fully saturated rings. The number of fused-ring (bicyclic) bond motifs is 1. The second-order valence-corrected chi connectivity index (χ2v) is 6.37. The Labute approximate surface area is 126 Å². The fourth-order valence-electron chi connectivity index (χ4n) is 2.26. The van der Waals surface area contributed by atoms with Crippen LogP contribution >= 0.6 is 15.9 Å². The van der Waals surface area contributed by atoms with Crippen LogP contribution in [0.25, 0.3) is 0 Å². The van der Waals surface area contributed by atoms with Crippen LogP contribution in [0.2, 0.25) is 0 Å². The van der Waals surface area contributed by atoms with Gasteiger partial charge in [-0.1, -0.05) is 6.07 Å². The first-order valence-electron chi connectivity index (χ1n) is 6.43. The van der Waals surface area contributed by atoms with E-state index in [0.29, 0.717) is 35.1 Å². The third-order valence-electron chi connectivity index (χ3n) is 3.44. The van der Waals surface area contributed by atoms with E-state index in [2.05, 4.69) is 22.0 Å². The minimum absolute atomic E-state index is 0.410. The second-order valence-electron chi connectivity index (χ2n) is 5.52. The van der Waals surface area contributed by atoms with Gasteiger partial charge in [-0.05, 0) is 54.8 Å². The number of anilines is 1. The molecular weight excluding hydrogens is 320 g/mol. The zero-order valence-corrected chi connectivity index (χ0v) is 13.0. The van der Waals surface area contributed by atoms with Crippen molar-refractivity contribution >= 4 is 33.3 Å². The van der Waals surface area contributed by atoms with E-state index in [1.807, 2.05) is 13.8 Å². The topological polar surface area (TPSA) is 61.2 Å². The summed E-state index contributed by atoms with van der Waals surface area (Å²) in [6.45, 7) is 4.20. The van der Waals surface area contributed by atoms with Crippen molar-refractivity contribution in [2.45, 2.75) is 26.7 Å². The van der Waals surface area contributed by atoms with Crippen LogP contribution in [-0.4, -0.2) is 18.2 Å². The number of amides is 1. The quantitative estimate of drug-likeness (QED) is 0.793. The van der Waals surface area contributed by atoms with Gasteiger partial charge in [0.2, 0.25) is 0 Å². The first kappa shape index (κ1) is 14.7. The van der Waals surface area contributed by atoms with Crippen molar-refractivity contribution in [2.75, 3.05) is 11.4 Å². The molecule has 1 amide bonds. The molecule has 0 spiro atoms. The molecule has 1 aromatic carbocycles. The number of carbonyl (C=O) groups is 2. The molecule has 0 aliphatic carbocycles. The summed E-state index contributed by atoms with van der Waals surface area (Å²) < 4.78 is 0.646. The Morgan fingerprint density at radius 3 is 2.70 bits per heavy atom. The van der Waals surface area contributed by atoms with E-state index in [4.69, 9.17) is 5.26 Å². The SMILES string of the molecule is CC(C)(C#N)CCCN1C(=O)C(=O)c2c(Br)cccc21. The van der Waals surface area contributed by atoms with Crippen molar-refractivity contribution in [3.63, 3.8) is 0 Å². The van der Waals surface area contributed by atoms with Crippen LogP contribution < -0.4 is 4.90 Å². The molecule has 5 heteroatoms. The summed E-state index contributed by atoms with van der Waals surface area (Å²) in [7, 11) is 0. The lowest BCUT2D eigenvalue weighted by Gasteiger charge is -2.19. The number of hydrogen-bond donors (Lipinski definition) is 0. The fourth-order valence-corrected chi connectivity index (χ4v) is 2.79. The Morgan fingerprint density at radius 1 is 1.35 bits per heavy atom. The summed E-state index contributed by atoms with van der Waals surface area (Å²) in [5.41, 5.74) is 0.688. The molecule has 1 aromatic rings. The summed E-state index contributed by atoms with van der Waals surface area (Å²) in [6, 6.07) is 7.58. The van der Waals surface area contributed by atoms with Crippen molar-refractivity contribution in [1.29, 1.82) is 5.26 Å². The Hall–Kier alpha value is -1.67. The molecule has 1 aliphatic rings. The first-order valence-corrected chi connectivity index (χ1v) is 7.22. The third kappa shape index (κ3) is 2.61. The summed E-state index contributed by atoms with van der Waals surface area (Å²) in [6.07, 6.45) is 1.37. The smallest absolute Gasteiger partial charge is 0.299 e. The van der Waals surface area contributed by atoms with E-state index in [1.54, 1.807) is 18.2 Å². The van der Waals surface area contributed by atoms with Gasteiger partial charge >= 0.3 is 0 Å². The first-order chi connectivity index (χ1) is 9.37. The molecule has 0 saturated carbocycles. The van der Waals surface area contributed by atoms with Gasteiger partial charge in [0.15, 0.2) is 0 Å². The number of Topliss-reactive ketones (excluding diaryl/α,β-unsaturated/α-hetero) is 1. The lowest BCUT2D eigenvalue weighted by Crippen LogP contribution is -2.31. The summed E-state index contributed by atoms with van der Waals surface area (Å²) >= 11 is 3.31. The summed E-state index contributed by atoms with van der Waals surface area (Å²) in [5, 5.41) is 8.98. The van der Waals surface area contributed by atoms with Crippen LogP contribution in [-0.2, 0) is 4.79 Å². The van der Waals surface area contributed by atoms with Crippen LogP contribution in [0, 0.1) is 16.7 Å². The highest BCUT2D eigenvalue weighted by Crippen LogP contribution is 2.34. The number of ketones is 1. The summed E-state index contributed by atoms with van der Waals surface area (Å²) in [5.74, 6) is -0.950. The van der Waals surface area contributed by atoms with Gasteiger partial charge in [-0.25, -0.2) is 0 Å². The number of halogens is 1. The number of carbonyl (C=O) groups excluding carboxylic acids is 2. The minimum Gasteiger partial charge on any atom is -0.305 e. The lowest BCUT2D eigenvalue weighted by atomic mass is 9.90. The lowest BCUT2D eigenvalue weighted by molar-refractivity contribution is -0.114. The second kappa shape index (κ2) is 5.37. The Kier molecular flexibility index (Phi) is 3.96. The van der Waals surface area contributed by atoms with Gasteiger partial charge in [-0.2, -0.15) is 5.26 Å². The number of benzene rings is 1. The van der Waals surface area contributed by atoms with E-state index >= 15 is 0 Å². The van der Waals surface area contributed by atoms with Crippen LogP contribution in [0.5, 0.6) is 0 Å². The highest BCUT2D eigenvalue weighted by atomic mass is 79.9. The van der Waals surface area contributed by atoms with Crippen molar-refractivity contribution in [1.82, 2.24) is 0 Å². The molecule has 0 N–H and O–H groups in total. The monoisotopic (exact) mass is 334 g/mol. The molecule has 0 saturated heterocycles. The maximum absolute atomic E-state index is 12.0. The highest BCUT2D eigenvalue weighted by molar-refractivity contribution is 9.10. The van der Waals surface area contributed by atoms with Crippen molar-refractivity contribution in [3.8, 4) is 6.07 Å². The molecule has 4 nitrogen and oxygen atoms in total. The van der Waals surface area contributed by atoms with Gasteiger partial charge in [0.1, 0.15) is 0 Å². The average Bonchev–Trinajstić information content (AvgIpc) is 2.65. The van der Waals surface area contributed by atoms with Gasteiger partial charge in [-0.15, -0.1) is 0 Å². The summed E-state index contributed by atoms with van der Waals surface area (Å²) in [4.78, 5) is 25.5. The van der Waals surface area contributed by atoms with Crippen LogP contribution in [0.15, 0.2) is 22.7 Å². The van der Waals surface area contributed by atoms with Crippen molar-refractivity contribution in [3.05, 3.63) is 28.2 Å². The maximum atomic E-state index is 12.0. The maximum Gasteiger partial charge on any atom is 0.299 e. The number of nitriles is 1. The average molecular weight is 335 g/mol. The Bertz CT molecular complexity index is 617. The number of hydrogen-bond acceptors (Lipinski definition) is 3. The molecule has 104 valence electrons. The largest absolute Gasteiger partial charge is 0.305 e. The zero-order chi connectivity index (χ0) is 14.9. The predicted molar refractivity (Wildman–Crippen MR) is 79.5 cm³/mol. The molecule has 2 rings (SSSR count). The molecule has 0 radical (unpaired) electrons. The Morgan fingerprint density at radius 2 is 2.05 bits per heavy atom. The highest BCUT2D eigenvalue weighted by Gasteiger charge is 2.37. The van der Waals surface area contributed by atoms with E-state index in [1.165, 1.54) is 4.90 Å². The third-order valence-corrected chi connectivity index (χ3v) is 4.10. The molecule has 20 heavy (non-hydrogen) atoms. The zero-order valence-electron chi connectivity index (χ0n) is 11.4. The van der Waals surface area contributed by atoms with Gasteiger partial charge in [0.05, 0.1) is 22.7 Å². The molecule has 0 atom stereocenters. The van der Waals surface area contributed by atoms with E-state index < -0.39 is 17.1 Å². The molecular formula is C15H15BrN2O2. The van der Waals surface area contributed by atoms with Crippen molar-refractivity contribution < 1.29 is 9.59 Å². The van der Waals surface area contributed by atoms with Crippen LogP contribution in [0.1, 0.15) is 37.0 Å². The molecule has 0 aromatic heterocycles. The standard InChI is InChI=1S/C15H15BrN2O2/c1-15(2,9-17)7-4-8-18-11-6-3-5-10(16)12(11)13(19)14(18)20/h3,5-6H,4,7-8H2,1-2H3. The Balaban J connectivity index is 2.16. The van der Waals surface area contributed by atoms with Gasteiger partial charge in [0, 0.05) is 11.0 Å². The predicted octanol–water partition coefficient (Wildman–Crippen LogP) is 3.31. The molecule has 1 heterocycles. The van der Waals surface area contributed by atoms with Crippen LogP contribution in [0.3, 0.4) is 0 Å². The van der Waals surface area contributed by atoms with Crippen molar-refractivity contribution in [2.24, 2.45) is 5.41 Å². The van der Waals surface area contributed by atoms with Crippen LogP contribution in [0.4, 0.5) is 5.69 Å². The minimum atomic E-state index is -0.485. The number of nitrogens with zero attached hydrogens (tertiary/aromatic N) is 2. The van der Waals surface area contributed by atoms with Gasteiger partial charge < -0.3 is 4.90 Å². The molecule has 0 unspecified atom stereocenters. The number of rotatable bonds is 4. The fraction of sp³-hybridized carbons (Fsp3) is 0.400. The molecule has 1 aliphatic heterocycles. The molecule has 0 bridgehead atoms. The normalized spacial score (nSPS) is 14.4. The van der Waals surface area contributed by atoms with Gasteiger partial charge in [-0.3, -0.25) is 9.59 Å². The van der Waals surface area contributed by atoms with E-state index in [0.717, 1.165) is 0 Å². The van der Waals surface area contributed by atoms with E-state index in [-0.39, 0.29) is 0 Å². The van der Waals surface area contributed by atoms with E-state index in [9.17, 15) is 9.59 Å². The van der Waals surface area contributed by atoms with Gasteiger partial charge in [0.25, 0.3) is 11.7 Å².